The van der Waals surface area contributed by atoms with Crippen LogP contribution in [0.15, 0.2) is 102 Å². The van der Waals surface area contributed by atoms with E-state index in [9.17, 15) is 22.8 Å². The highest BCUT2D eigenvalue weighted by molar-refractivity contribution is 7.87. The van der Waals surface area contributed by atoms with Crippen molar-refractivity contribution in [2.75, 3.05) is 19.6 Å². The van der Waals surface area contributed by atoms with E-state index >= 15 is 0 Å². The second-order valence-corrected chi connectivity index (χ2v) is 13.9. The SMILES string of the molecule is CC(C)(C)OC(=O)C1CNCCN1C(=O)[C@H](Cc1ccc(OS(=O)(=O)c2cccc3ccccc23)cc1)NC(=O)OCc1ccccc1. The number of esters is 1. The molecule has 2 atom stereocenters. The van der Waals surface area contributed by atoms with Crippen molar-refractivity contribution >= 4 is 38.9 Å². The van der Waals surface area contributed by atoms with Crippen LogP contribution in [0, 0.1) is 0 Å². The minimum Gasteiger partial charge on any atom is -0.458 e. The summed E-state index contributed by atoms with van der Waals surface area (Å²) in [6.07, 6.45) is -0.775. The van der Waals surface area contributed by atoms with E-state index < -0.39 is 45.8 Å². The van der Waals surface area contributed by atoms with Gasteiger partial charge in [0.15, 0.2) is 0 Å². The molecule has 0 spiro atoms. The fourth-order valence-corrected chi connectivity index (χ4v) is 6.51. The van der Waals surface area contributed by atoms with Gasteiger partial charge >= 0.3 is 22.2 Å². The Labute approximate surface area is 280 Å². The molecule has 0 saturated carbocycles. The van der Waals surface area contributed by atoms with E-state index in [1.807, 2.05) is 48.5 Å². The Hall–Kier alpha value is -4.94. The van der Waals surface area contributed by atoms with Crippen LogP contribution < -0.4 is 14.8 Å². The van der Waals surface area contributed by atoms with E-state index in [2.05, 4.69) is 10.6 Å². The van der Waals surface area contributed by atoms with Gasteiger partial charge in [0.25, 0.3) is 0 Å². The molecule has 4 aromatic rings. The summed E-state index contributed by atoms with van der Waals surface area (Å²) in [6, 6.07) is 25.4. The summed E-state index contributed by atoms with van der Waals surface area (Å²) in [4.78, 5) is 41.5. The highest BCUT2D eigenvalue weighted by Gasteiger charge is 2.38. The largest absolute Gasteiger partial charge is 0.458 e. The first-order valence-electron chi connectivity index (χ1n) is 15.6. The third-order valence-electron chi connectivity index (χ3n) is 7.60. The maximum atomic E-state index is 14.0. The average Bonchev–Trinajstić information content (AvgIpc) is 3.07. The van der Waals surface area contributed by atoms with Crippen LogP contribution in [-0.4, -0.2) is 68.6 Å². The van der Waals surface area contributed by atoms with Crippen LogP contribution in [0.4, 0.5) is 4.79 Å². The van der Waals surface area contributed by atoms with Gasteiger partial charge in [-0.2, -0.15) is 8.42 Å². The zero-order valence-corrected chi connectivity index (χ0v) is 27.9. The number of fused-ring (bicyclic) bond motifs is 1. The molecule has 1 unspecified atom stereocenters. The van der Waals surface area contributed by atoms with Crippen molar-refractivity contribution in [2.24, 2.45) is 0 Å². The van der Waals surface area contributed by atoms with Gasteiger partial charge in [0.1, 0.15) is 34.9 Å². The number of alkyl carbamates (subject to hydrolysis) is 1. The summed E-state index contributed by atoms with van der Waals surface area (Å²) >= 11 is 0. The molecule has 5 rings (SSSR count). The summed E-state index contributed by atoms with van der Waals surface area (Å²) in [6.45, 7) is 6.12. The van der Waals surface area contributed by atoms with Gasteiger partial charge in [0.05, 0.1) is 0 Å². The molecule has 4 aromatic carbocycles. The molecule has 1 aliphatic rings. The second-order valence-electron chi connectivity index (χ2n) is 12.4. The van der Waals surface area contributed by atoms with Crippen molar-refractivity contribution in [1.29, 1.82) is 0 Å². The predicted molar refractivity (Wildman–Crippen MR) is 180 cm³/mol. The zero-order chi connectivity index (χ0) is 34.3. The van der Waals surface area contributed by atoms with E-state index in [1.165, 1.54) is 23.1 Å². The number of hydrogen-bond acceptors (Lipinski definition) is 9. The summed E-state index contributed by atoms with van der Waals surface area (Å²) in [5.41, 5.74) is 0.625. The number of ether oxygens (including phenoxy) is 2. The van der Waals surface area contributed by atoms with Gasteiger partial charge in [-0.05, 0) is 55.5 Å². The Morgan fingerprint density at radius 1 is 0.896 bits per heavy atom. The number of hydrogen-bond donors (Lipinski definition) is 2. The quantitative estimate of drug-likeness (QED) is 0.183. The molecule has 48 heavy (non-hydrogen) atoms. The Morgan fingerprint density at radius 2 is 1.58 bits per heavy atom. The van der Waals surface area contributed by atoms with Crippen LogP contribution in [0.5, 0.6) is 5.75 Å². The first kappa shape index (κ1) is 34.4. The fraction of sp³-hybridized carbons (Fsp3) is 0.306. The van der Waals surface area contributed by atoms with Crippen molar-refractivity contribution < 1.29 is 36.5 Å². The molecule has 2 amide bonds. The molecule has 12 heteroatoms. The van der Waals surface area contributed by atoms with E-state index in [0.717, 1.165) is 10.9 Å². The lowest BCUT2D eigenvalue weighted by Crippen LogP contribution is -2.62. The van der Waals surface area contributed by atoms with Gasteiger partial charge in [-0.1, -0.05) is 78.9 Å². The van der Waals surface area contributed by atoms with E-state index in [0.29, 0.717) is 17.5 Å². The smallest absolute Gasteiger partial charge is 0.408 e. The van der Waals surface area contributed by atoms with Crippen molar-refractivity contribution in [3.05, 3.63) is 108 Å². The number of carbonyl (C=O) groups is 3. The molecular weight excluding hydrogens is 634 g/mol. The number of nitrogens with one attached hydrogen (secondary N) is 2. The van der Waals surface area contributed by atoms with Crippen LogP contribution in [0.25, 0.3) is 10.8 Å². The summed E-state index contributed by atoms with van der Waals surface area (Å²) in [5.74, 6) is -0.956. The first-order chi connectivity index (χ1) is 22.9. The molecule has 0 bridgehead atoms. The van der Waals surface area contributed by atoms with Crippen molar-refractivity contribution in [3.63, 3.8) is 0 Å². The third-order valence-corrected chi connectivity index (χ3v) is 8.90. The topological polar surface area (TPSA) is 140 Å². The standard InChI is InChI=1S/C36H39N3O8S/c1-36(2,3)46-34(41)31-23-37-20-21-39(31)33(40)30(38-35(42)45-24-26-10-5-4-6-11-26)22-25-16-18-28(19-17-25)47-48(43,44)32-15-9-13-27-12-7-8-14-29(27)32/h4-19,30-31,37H,20-24H2,1-3H3,(H,38,42)/t30-,31?/m0/s1. The lowest BCUT2D eigenvalue weighted by molar-refractivity contribution is -0.166. The van der Waals surface area contributed by atoms with Crippen molar-refractivity contribution in [1.82, 2.24) is 15.5 Å². The van der Waals surface area contributed by atoms with Crippen molar-refractivity contribution in [2.45, 2.75) is 56.4 Å². The summed E-state index contributed by atoms with van der Waals surface area (Å²) in [7, 11) is -4.16. The lowest BCUT2D eigenvalue weighted by atomic mass is 10.0. The monoisotopic (exact) mass is 673 g/mol. The van der Waals surface area contributed by atoms with Crippen LogP contribution in [0.2, 0.25) is 0 Å². The van der Waals surface area contributed by atoms with Gasteiger partial charge < -0.3 is 29.2 Å². The molecule has 2 N–H and O–H groups in total. The molecule has 1 heterocycles. The average molecular weight is 674 g/mol. The summed E-state index contributed by atoms with van der Waals surface area (Å²) < 4.78 is 42.9. The molecule has 1 fully saturated rings. The zero-order valence-electron chi connectivity index (χ0n) is 27.0. The molecule has 0 radical (unpaired) electrons. The fourth-order valence-electron chi connectivity index (χ4n) is 5.36. The maximum Gasteiger partial charge on any atom is 0.408 e. The Bertz CT molecular complexity index is 1850. The van der Waals surface area contributed by atoms with Gasteiger partial charge in [-0.15, -0.1) is 0 Å². The number of benzene rings is 4. The third kappa shape index (κ3) is 8.90. The Balaban J connectivity index is 1.34. The Morgan fingerprint density at radius 3 is 2.31 bits per heavy atom. The summed E-state index contributed by atoms with van der Waals surface area (Å²) in [5, 5.41) is 7.12. The highest BCUT2D eigenvalue weighted by Crippen LogP contribution is 2.26. The van der Waals surface area contributed by atoms with Gasteiger partial charge in [0.2, 0.25) is 5.91 Å². The van der Waals surface area contributed by atoms with Crippen LogP contribution >= 0.6 is 0 Å². The van der Waals surface area contributed by atoms with Gasteiger partial charge in [-0.3, -0.25) is 4.79 Å². The van der Waals surface area contributed by atoms with E-state index in [-0.39, 0.29) is 36.8 Å². The van der Waals surface area contributed by atoms with E-state index in [4.69, 9.17) is 13.7 Å². The maximum absolute atomic E-state index is 14.0. The molecule has 252 valence electrons. The van der Waals surface area contributed by atoms with Crippen LogP contribution in [0.3, 0.4) is 0 Å². The number of nitrogens with zero attached hydrogens (tertiary/aromatic N) is 1. The van der Waals surface area contributed by atoms with Crippen molar-refractivity contribution in [3.8, 4) is 5.75 Å². The first-order valence-corrected chi connectivity index (χ1v) is 17.0. The second kappa shape index (κ2) is 14.9. The highest BCUT2D eigenvalue weighted by atomic mass is 32.2. The number of amides is 2. The minimum absolute atomic E-state index is 0.00103. The lowest BCUT2D eigenvalue weighted by Gasteiger charge is -2.38. The number of piperazine rings is 1. The molecule has 11 nitrogen and oxygen atoms in total. The van der Waals surface area contributed by atoms with Gasteiger partial charge in [-0.25, -0.2) is 9.59 Å². The number of rotatable bonds is 10. The normalized spacial score (nSPS) is 15.7. The predicted octanol–water partition coefficient (Wildman–Crippen LogP) is 4.59. The molecule has 1 aliphatic heterocycles. The molecule has 1 saturated heterocycles. The molecule has 0 aliphatic carbocycles. The van der Waals surface area contributed by atoms with Crippen LogP contribution in [0.1, 0.15) is 31.9 Å². The number of carbonyl (C=O) groups excluding carboxylic acids is 3. The van der Waals surface area contributed by atoms with Crippen LogP contribution in [-0.2, 0) is 42.2 Å². The Kier molecular flexibility index (Phi) is 10.7. The molecular formula is C36H39N3O8S. The van der Waals surface area contributed by atoms with Gasteiger partial charge in [0, 0.05) is 31.4 Å². The van der Waals surface area contributed by atoms with E-state index in [1.54, 1.807) is 51.1 Å². The molecule has 0 aromatic heterocycles. The minimum atomic E-state index is -4.16.